The summed E-state index contributed by atoms with van der Waals surface area (Å²) in [5, 5.41) is 4.26. The Morgan fingerprint density at radius 2 is 2.21 bits per heavy atom. The van der Waals surface area contributed by atoms with E-state index in [0.29, 0.717) is 12.5 Å². The van der Waals surface area contributed by atoms with Crippen LogP contribution in [0.25, 0.3) is 11.0 Å². The third-order valence-corrected chi connectivity index (χ3v) is 3.44. The average molecular weight is 321 g/mol. The fourth-order valence-corrected chi connectivity index (χ4v) is 2.41. The fraction of sp³-hybridized carbons (Fsp3) is 0.250. The Labute approximate surface area is 118 Å². The molecule has 0 saturated heterocycles. The molecule has 1 aromatic carbocycles. The minimum absolute atomic E-state index is 0.518. The zero-order valence-electron chi connectivity index (χ0n) is 10.4. The molecule has 3 rings (SSSR count). The SMILES string of the molecule is Cn1cnc(CCn2c(N)nc3ccc(Br)cc32)n1. The summed E-state index contributed by atoms with van der Waals surface area (Å²) in [4.78, 5) is 8.56. The number of anilines is 1. The lowest BCUT2D eigenvalue weighted by Gasteiger charge is -2.04. The fourth-order valence-electron chi connectivity index (χ4n) is 2.06. The number of nitrogen functional groups attached to an aromatic ring is 1. The van der Waals surface area contributed by atoms with Crippen molar-refractivity contribution in [2.75, 3.05) is 5.73 Å². The Morgan fingerprint density at radius 3 is 2.95 bits per heavy atom. The van der Waals surface area contributed by atoms with Crippen molar-refractivity contribution in [3.63, 3.8) is 0 Å². The van der Waals surface area contributed by atoms with Crippen LogP contribution < -0.4 is 5.73 Å². The van der Waals surface area contributed by atoms with Gasteiger partial charge in [-0.25, -0.2) is 9.97 Å². The summed E-state index contributed by atoms with van der Waals surface area (Å²) in [7, 11) is 1.86. The van der Waals surface area contributed by atoms with Crippen molar-refractivity contribution in [2.45, 2.75) is 13.0 Å². The molecular weight excluding hydrogens is 308 g/mol. The molecule has 0 aliphatic carbocycles. The number of nitrogens with two attached hydrogens (primary N) is 1. The number of hydrogen-bond acceptors (Lipinski definition) is 4. The molecule has 0 amide bonds. The quantitative estimate of drug-likeness (QED) is 0.797. The number of fused-ring (bicyclic) bond motifs is 1. The van der Waals surface area contributed by atoms with E-state index in [0.717, 1.165) is 27.8 Å². The first-order chi connectivity index (χ1) is 9.13. The topological polar surface area (TPSA) is 74.5 Å². The van der Waals surface area contributed by atoms with Gasteiger partial charge in [0.15, 0.2) is 5.82 Å². The van der Waals surface area contributed by atoms with E-state index in [4.69, 9.17) is 5.73 Å². The van der Waals surface area contributed by atoms with Crippen LogP contribution in [0.3, 0.4) is 0 Å². The molecule has 7 heteroatoms. The monoisotopic (exact) mass is 320 g/mol. The van der Waals surface area contributed by atoms with Crippen LogP contribution in [0.5, 0.6) is 0 Å². The molecule has 0 bridgehead atoms. The molecule has 98 valence electrons. The van der Waals surface area contributed by atoms with Crippen LogP contribution in [-0.4, -0.2) is 24.3 Å². The van der Waals surface area contributed by atoms with Crippen LogP contribution in [-0.2, 0) is 20.0 Å². The van der Waals surface area contributed by atoms with E-state index in [9.17, 15) is 0 Å². The van der Waals surface area contributed by atoms with Crippen molar-refractivity contribution < 1.29 is 0 Å². The van der Waals surface area contributed by atoms with E-state index in [1.807, 2.05) is 29.8 Å². The maximum Gasteiger partial charge on any atom is 0.201 e. The number of hydrogen-bond donors (Lipinski definition) is 1. The number of imidazole rings is 1. The van der Waals surface area contributed by atoms with E-state index in [1.165, 1.54) is 0 Å². The molecule has 2 N–H and O–H groups in total. The Kier molecular flexibility index (Phi) is 2.98. The Bertz CT molecular complexity index is 729. The van der Waals surface area contributed by atoms with Crippen molar-refractivity contribution in [3.8, 4) is 0 Å². The van der Waals surface area contributed by atoms with Gasteiger partial charge in [0, 0.05) is 24.5 Å². The van der Waals surface area contributed by atoms with E-state index in [1.54, 1.807) is 11.0 Å². The van der Waals surface area contributed by atoms with E-state index in [-0.39, 0.29) is 0 Å². The summed E-state index contributed by atoms with van der Waals surface area (Å²) in [5.41, 5.74) is 7.88. The second-order valence-electron chi connectivity index (χ2n) is 4.34. The molecule has 0 spiro atoms. The summed E-state index contributed by atoms with van der Waals surface area (Å²) in [6, 6.07) is 5.93. The van der Waals surface area contributed by atoms with Gasteiger partial charge in [-0.05, 0) is 18.2 Å². The lowest BCUT2D eigenvalue weighted by Crippen LogP contribution is -2.06. The number of aryl methyl sites for hydroxylation is 3. The van der Waals surface area contributed by atoms with Gasteiger partial charge in [-0.1, -0.05) is 15.9 Å². The van der Waals surface area contributed by atoms with Crippen molar-refractivity contribution >= 4 is 32.9 Å². The van der Waals surface area contributed by atoms with Gasteiger partial charge in [-0.15, -0.1) is 0 Å². The van der Waals surface area contributed by atoms with Crippen LogP contribution in [0.1, 0.15) is 5.82 Å². The predicted octanol–water partition coefficient (Wildman–Crippen LogP) is 1.75. The lowest BCUT2D eigenvalue weighted by molar-refractivity contribution is 0.677. The van der Waals surface area contributed by atoms with E-state index >= 15 is 0 Å². The first-order valence-corrected chi connectivity index (χ1v) is 6.68. The molecule has 6 nitrogen and oxygen atoms in total. The standard InChI is InChI=1S/C12H13BrN6/c1-18-7-15-11(17-18)4-5-19-10-6-8(13)2-3-9(10)16-12(19)14/h2-3,6-7H,4-5H2,1H3,(H2,14,16). The summed E-state index contributed by atoms with van der Waals surface area (Å²) >= 11 is 3.47. The summed E-state index contributed by atoms with van der Waals surface area (Å²) < 4.78 is 4.69. The van der Waals surface area contributed by atoms with Gasteiger partial charge >= 0.3 is 0 Å². The number of halogens is 1. The van der Waals surface area contributed by atoms with Gasteiger partial charge in [-0.2, -0.15) is 5.10 Å². The van der Waals surface area contributed by atoms with Crippen LogP contribution in [0.2, 0.25) is 0 Å². The normalized spacial score (nSPS) is 11.3. The van der Waals surface area contributed by atoms with Crippen LogP contribution in [0, 0.1) is 0 Å². The van der Waals surface area contributed by atoms with Crippen LogP contribution in [0.15, 0.2) is 29.0 Å². The van der Waals surface area contributed by atoms with Gasteiger partial charge < -0.3 is 10.3 Å². The molecule has 19 heavy (non-hydrogen) atoms. The third-order valence-electron chi connectivity index (χ3n) is 2.95. The maximum absolute atomic E-state index is 5.96. The molecule has 0 atom stereocenters. The Balaban J connectivity index is 1.91. The first-order valence-electron chi connectivity index (χ1n) is 5.89. The molecule has 0 radical (unpaired) electrons. The van der Waals surface area contributed by atoms with Crippen molar-refractivity contribution in [2.24, 2.45) is 7.05 Å². The summed E-state index contributed by atoms with van der Waals surface area (Å²) in [5.74, 6) is 1.32. The highest BCUT2D eigenvalue weighted by atomic mass is 79.9. The Hall–Kier alpha value is -1.89. The number of aromatic nitrogens is 5. The van der Waals surface area contributed by atoms with Gasteiger partial charge in [-0.3, -0.25) is 4.68 Å². The minimum Gasteiger partial charge on any atom is -0.369 e. The van der Waals surface area contributed by atoms with Gasteiger partial charge in [0.1, 0.15) is 6.33 Å². The molecule has 0 unspecified atom stereocenters. The number of rotatable bonds is 3. The smallest absolute Gasteiger partial charge is 0.201 e. The zero-order chi connectivity index (χ0) is 13.4. The maximum atomic E-state index is 5.96. The zero-order valence-corrected chi connectivity index (χ0v) is 12.0. The first kappa shape index (κ1) is 12.2. The summed E-state index contributed by atoms with van der Waals surface area (Å²) in [6.07, 6.45) is 2.42. The van der Waals surface area contributed by atoms with Crippen molar-refractivity contribution in [3.05, 3.63) is 34.8 Å². The number of benzene rings is 1. The minimum atomic E-state index is 0.518. The molecule has 2 aromatic heterocycles. The highest BCUT2D eigenvalue weighted by Gasteiger charge is 2.09. The molecule has 2 heterocycles. The lowest BCUT2D eigenvalue weighted by atomic mass is 10.3. The van der Waals surface area contributed by atoms with Crippen LogP contribution >= 0.6 is 15.9 Å². The second kappa shape index (κ2) is 4.65. The number of nitrogens with zero attached hydrogens (tertiary/aromatic N) is 5. The molecule has 3 aromatic rings. The second-order valence-corrected chi connectivity index (χ2v) is 5.25. The van der Waals surface area contributed by atoms with Crippen molar-refractivity contribution in [1.29, 1.82) is 0 Å². The largest absolute Gasteiger partial charge is 0.369 e. The van der Waals surface area contributed by atoms with E-state index in [2.05, 4.69) is 31.0 Å². The average Bonchev–Trinajstić information content (AvgIpc) is 2.90. The molecule has 0 aliphatic heterocycles. The molecule has 0 saturated carbocycles. The van der Waals surface area contributed by atoms with E-state index < -0.39 is 0 Å². The van der Waals surface area contributed by atoms with Crippen molar-refractivity contribution in [1.82, 2.24) is 24.3 Å². The highest BCUT2D eigenvalue weighted by Crippen LogP contribution is 2.22. The highest BCUT2D eigenvalue weighted by molar-refractivity contribution is 9.10. The molecular formula is C12H13BrN6. The summed E-state index contributed by atoms with van der Waals surface area (Å²) in [6.45, 7) is 0.711. The predicted molar refractivity (Wildman–Crippen MR) is 76.6 cm³/mol. The van der Waals surface area contributed by atoms with Gasteiger partial charge in [0.25, 0.3) is 0 Å². The Morgan fingerprint density at radius 1 is 1.37 bits per heavy atom. The van der Waals surface area contributed by atoms with Gasteiger partial charge in [0.05, 0.1) is 11.0 Å². The molecule has 0 fully saturated rings. The van der Waals surface area contributed by atoms with Gasteiger partial charge in [0.2, 0.25) is 5.95 Å². The third kappa shape index (κ3) is 2.33. The molecule has 0 aliphatic rings. The van der Waals surface area contributed by atoms with Crippen LogP contribution in [0.4, 0.5) is 5.95 Å².